The molecule has 0 aliphatic rings. The van der Waals surface area contributed by atoms with E-state index in [0.717, 1.165) is 5.52 Å². The van der Waals surface area contributed by atoms with Crippen LogP contribution in [0.5, 0.6) is 0 Å². The summed E-state index contributed by atoms with van der Waals surface area (Å²) in [5.74, 6) is 0. The van der Waals surface area contributed by atoms with Gasteiger partial charge in [-0.2, -0.15) is 0 Å². The predicted molar refractivity (Wildman–Crippen MR) is 52.0 cm³/mol. The van der Waals surface area contributed by atoms with Gasteiger partial charge in [0.25, 0.3) is 0 Å². The van der Waals surface area contributed by atoms with Gasteiger partial charge in [-0.1, -0.05) is 0 Å². The Kier molecular flexibility index (Phi) is 2.37. The van der Waals surface area contributed by atoms with Gasteiger partial charge in [0.05, 0.1) is 30.1 Å². The molecule has 0 saturated carbocycles. The minimum absolute atomic E-state index is 0.169. The molecular weight excluding hydrogens is 204 g/mol. The summed E-state index contributed by atoms with van der Waals surface area (Å²) in [6.45, 7) is -0.169. The Bertz CT molecular complexity index is 456. The van der Waals surface area contributed by atoms with Gasteiger partial charge in [-0.3, -0.25) is 9.38 Å². The minimum Gasteiger partial charge on any atom is -0.394 e. The molecule has 0 radical (unpaired) electrons. The third-order valence-electron chi connectivity index (χ3n) is 1.98. The molecule has 0 amide bonds. The Labute approximate surface area is 85.2 Å². The van der Waals surface area contributed by atoms with Crippen LogP contribution in [-0.2, 0) is 0 Å². The van der Waals surface area contributed by atoms with E-state index in [9.17, 15) is 0 Å². The molecule has 3 N–H and O–H groups in total. The number of nitrogens with two attached hydrogens (primary N) is 1. The number of nitrogens with zero attached hydrogens (tertiary/aromatic N) is 3. The monoisotopic (exact) mass is 212 g/mol. The summed E-state index contributed by atoms with van der Waals surface area (Å²) < 4.78 is 1.67. The van der Waals surface area contributed by atoms with Crippen LogP contribution in [-0.4, -0.2) is 26.1 Å². The van der Waals surface area contributed by atoms with Crippen LogP contribution in [0.4, 0.5) is 0 Å². The maximum absolute atomic E-state index is 8.92. The van der Waals surface area contributed by atoms with Crippen LogP contribution in [0.15, 0.2) is 18.6 Å². The molecule has 5 nitrogen and oxygen atoms in total. The van der Waals surface area contributed by atoms with Gasteiger partial charge in [0.2, 0.25) is 5.28 Å². The van der Waals surface area contributed by atoms with Gasteiger partial charge in [0.1, 0.15) is 0 Å². The zero-order valence-electron chi connectivity index (χ0n) is 7.26. The van der Waals surface area contributed by atoms with E-state index in [-0.39, 0.29) is 6.61 Å². The molecule has 0 saturated heterocycles. The average Bonchev–Trinajstić information content (AvgIpc) is 2.56. The Balaban J connectivity index is 2.66. The number of rotatable bonds is 2. The van der Waals surface area contributed by atoms with Crippen LogP contribution >= 0.6 is 11.6 Å². The predicted octanol–water partition coefficient (Wildman–Crippen LogP) is 0.375. The van der Waals surface area contributed by atoms with E-state index in [2.05, 4.69) is 9.97 Å². The molecule has 0 fully saturated rings. The molecule has 2 aromatic heterocycles. The van der Waals surface area contributed by atoms with Gasteiger partial charge in [-0.25, -0.2) is 4.98 Å². The second-order valence-corrected chi connectivity index (χ2v) is 3.22. The van der Waals surface area contributed by atoms with Crippen molar-refractivity contribution in [2.75, 3.05) is 6.61 Å². The van der Waals surface area contributed by atoms with Gasteiger partial charge in [-0.05, 0) is 11.6 Å². The van der Waals surface area contributed by atoms with E-state index in [4.69, 9.17) is 22.4 Å². The highest BCUT2D eigenvalue weighted by Crippen LogP contribution is 2.19. The summed E-state index contributed by atoms with van der Waals surface area (Å²) in [5.41, 5.74) is 6.94. The SMILES string of the molecule is NC(CO)c1nc(Cl)n2ccncc12. The van der Waals surface area contributed by atoms with E-state index in [1.165, 1.54) is 0 Å². The van der Waals surface area contributed by atoms with Crippen molar-refractivity contribution in [1.82, 2.24) is 14.4 Å². The first kappa shape index (κ1) is 9.39. The lowest BCUT2D eigenvalue weighted by molar-refractivity contribution is 0.267. The highest BCUT2D eigenvalue weighted by molar-refractivity contribution is 6.28. The Morgan fingerprint density at radius 2 is 2.43 bits per heavy atom. The smallest absolute Gasteiger partial charge is 0.207 e. The van der Waals surface area contributed by atoms with Crippen LogP contribution < -0.4 is 5.73 Å². The van der Waals surface area contributed by atoms with E-state index >= 15 is 0 Å². The number of aromatic nitrogens is 3. The molecular formula is C8H9ClN4O. The molecule has 0 spiro atoms. The fourth-order valence-corrected chi connectivity index (χ4v) is 1.52. The molecule has 0 aromatic carbocycles. The molecule has 2 heterocycles. The summed E-state index contributed by atoms with van der Waals surface area (Å²) in [6.07, 6.45) is 4.91. The van der Waals surface area contributed by atoms with E-state index in [1.54, 1.807) is 23.0 Å². The van der Waals surface area contributed by atoms with Crippen molar-refractivity contribution in [3.05, 3.63) is 29.6 Å². The van der Waals surface area contributed by atoms with Crippen LogP contribution in [0.3, 0.4) is 0 Å². The molecule has 0 aliphatic carbocycles. The summed E-state index contributed by atoms with van der Waals surface area (Å²) in [7, 11) is 0. The lowest BCUT2D eigenvalue weighted by atomic mass is 10.2. The molecule has 2 rings (SSSR count). The van der Waals surface area contributed by atoms with Crippen molar-refractivity contribution < 1.29 is 5.11 Å². The average molecular weight is 213 g/mol. The van der Waals surface area contributed by atoms with Gasteiger partial charge in [0, 0.05) is 12.4 Å². The summed E-state index contributed by atoms with van der Waals surface area (Å²) >= 11 is 5.87. The van der Waals surface area contributed by atoms with Gasteiger partial charge < -0.3 is 10.8 Å². The number of fused-ring (bicyclic) bond motifs is 1. The summed E-state index contributed by atoms with van der Waals surface area (Å²) in [6, 6.07) is -0.526. The third-order valence-corrected chi connectivity index (χ3v) is 2.25. The minimum atomic E-state index is -0.526. The number of hydrogen-bond acceptors (Lipinski definition) is 4. The normalized spacial score (nSPS) is 13.4. The molecule has 1 atom stereocenters. The third kappa shape index (κ3) is 1.35. The Hall–Kier alpha value is -1.17. The van der Waals surface area contributed by atoms with Crippen molar-refractivity contribution in [1.29, 1.82) is 0 Å². The van der Waals surface area contributed by atoms with Crippen LogP contribution in [0.1, 0.15) is 11.7 Å². The number of halogens is 1. The molecule has 14 heavy (non-hydrogen) atoms. The fourth-order valence-electron chi connectivity index (χ4n) is 1.28. The summed E-state index contributed by atoms with van der Waals surface area (Å²) in [4.78, 5) is 8.01. The first-order valence-electron chi connectivity index (χ1n) is 4.08. The van der Waals surface area contributed by atoms with Crippen molar-refractivity contribution >= 4 is 17.1 Å². The molecule has 0 aliphatic heterocycles. The molecule has 74 valence electrons. The van der Waals surface area contributed by atoms with Crippen molar-refractivity contribution in [2.45, 2.75) is 6.04 Å². The van der Waals surface area contributed by atoms with Crippen molar-refractivity contribution in [3.63, 3.8) is 0 Å². The van der Waals surface area contributed by atoms with E-state index < -0.39 is 6.04 Å². The number of imidazole rings is 1. The zero-order chi connectivity index (χ0) is 10.1. The van der Waals surface area contributed by atoms with Gasteiger partial charge in [0.15, 0.2) is 0 Å². The number of aliphatic hydroxyl groups excluding tert-OH is 1. The van der Waals surface area contributed by atoms with Crippen LogP contribution in [0.2, 0.25) is 5.28 Å². The fraction of sp³-hybridized carbons (Fsp3) is 0.250. The quantitative estimate of drug-likeness (QED) is 0.755. The molecule has 2 aromatic rings. The second-order valence-electron chi connectivity index (χ2n) is 2.89. The Morgan fingerprint density at radius 3 is 3.14 bits per heavy atom. The lowest BCUT2D eigenvalue weighted by Crippen LogP contribution is -2.15. The first-order valence-corrected chi connectivity index (χ1v) is 4.45. The molecule has 0 bridgehead atoms. The Morgan fingerprint density at radius 1 is 1.64 bits per heavy atom. The van der Waals surface area contributed by atoms with Crippen LogP contribution in [0, 0.1) is 0 Å². The molecule has 6 heteroatoms. The van der Waals surface area contributed by atoms with Crippen LogP contribution in [0.25, 0.3) is 5.52 Å². The number of hydrogen-bond donors (Lipinski definition) is 2. The highest BCUT2D eigenvalue weighted by Gasteiger charge is 2.14. The maximum Gasteiger partial charge on any atom is 0.207 e. The van der Waals surface area contributed by atoms with E-state index in [0.29, 0.717) is 11.0 Å². The largest absolute Gasteiger partial charge is 0.394 e. The first-order chi connectivity index (χ1) is 6.74. The number of aliphatic hydroxyl groups is 1. The topological polar surface area (TPSA) is 76.4 Å². The van der Waals surface area contributed by atoms with Crippen molar-refractivity contribution in [3.8, 4) is 0 Å². The molecule has 1 unspecified atom stereocenters. The van der Waals surface area contributed by atoms with E-state index in [1.807, 2.05) is 0 Å². The second kappa shape index (κ2) is 3.53. The van der Waals surface area contributed by atoms with Crippen molar-refractivity contribution in [2.24, 2.45) is 5.73 Å². The summed E-state index contributed by atoms with van der Waals surface area (Å²) in [5, 5.41) is 9.24. The van der Waals surface area contributed by atoms with Gasteiger partial charge >= 0.3 is 0 Å². The standard InChI is InChI=1S/C8H9ClN4O/c9-8-12-7(5(10)4-14)6-3-11-1-2-13(6)8/h1-3,5,14H,4,10H2. The maximum atomic E-state index is 8.92. The zero-order valence-corrected chi connectivity index (χ0v) is 8.02. The van der Waals surface area contributed by atoms with Gasteiger partial charge in [-0.15, -0.1) is 0 Å². The highest BCUT2D eigenvalue weighted by atomic mass is 35.5. The lowest BCUT2D eigenvalue weighted by Gasteiger charge is -2.03.